The molecule has 5 nitrogen and oxygen atoms in total. The third-order valence-corrected chi connectivity index (χ3v) is 5.88. The number of amides is 1. The quantitative estimate of drug-likeness (QED) is 0.739. The monoisotopic (exact) mass is 380 g/mol. The van der Waals surface area contributed by atoms with E-state index < -0.39 is 10.0 Å². The van der Waals surface area contributed by atoms with Crippen LogP contribution in [0.5, 0.6) is 0 Å². The number of nitrogens with zero attached hydrogens (tertiary/aromatic N) is 2. The molecular formula is C18H21ClN2O3S. The molecule has 7 heteroatoms. The molecule has 2 rings (SSSR count). The predicted molar refractivity (Wildman–Crippen MR) is 100 cm³/mol. The number of sulfonamides is 1. The van der Waals surface area contributed by atoms with Crippen molar-refractivity contribution in [3.05, 3.63) is 59.6 Å². The van der Waals surface area contributed by atoms with Crippen LogP contribution in [0.2, 0.25) is 5.02 Å². The van der Waals surface area contributed by atoms with Gasteiger partial charge < -0.3 is 4.90 Å². The Labute approximate surface area is 153 Å². The zero-order valence-electron chi connectivity index (χ0n) is 14.2. The lowest BCUT2D eigenvalue weighted by Gasteiger charge is -2.27. The van der Waals surface area contributed by atoms with Gasteiger partial charge in [0.15, 0.2) is 0 Å². The maximum atomic E-state index is 13.1. The highest BCUT2D eigenvalue weighted by Crippen LogP contribution is 2.24. The number of hydrogen-bond donors (Lipinski definition) is 0. The smallest absolute Gasteiger partial charge is 0.264 e. The van der Waals surface area contributed by atoms with Gasteiger partial charge in [0.1, 0.15) is 6.54 Å². The minimum Gasteiger partial charge on any atom is -0.342 e. The Morgan fingerprint density at radius 1 is 0.960 bits per heavy atom. The molecule has 134 valence electrons. The second kappa shape index (κ2) is 8.36. The summed E-state index contributed by atoms with van der Waals surface area (Å²) in [5.74, 6) is -0.244. The largest absolute Gasteiger partial charge is 0.342 e. The average molecular weight is 381 g/mol. The molecule has 25 heavy (non-hydrogen) atoms. The molecule has 0 heterocycles. The van der Waals surface area contributed by atoms with Crippen molar-refractivity contribution >= 4 is 33.2 Å². The lowest BCUT2D eigenvalue weighted by molar-refractivity contribution is -0.129. The standard InChI is InChI=1S/C18H21ClN2O3S/c1-3-20(4-2)18(22)14-21(16-8-6-5-7-9-16)25(23,24)17-12-10-15(19)11-13-17/h5-13H,3-4,14H2,1-2H3. The predicted octanol–water partition coefficient (Wildman–Crippen LogP) is 3.40. The summed E-state index contributed by atoms with van der Waals surface area (Å²) in [7, 11) is -3.89. The average Bonchev–Trinajstić information content (AvgIpc) is 2.61. The molecule has 0 aromatic heterocycles. The summed E-state index contributed by atoms with van der Waals surface area (Å²) in [4.78, 5) is 14.2. The van der Waals surface area contributed by atoms with Gasteiger partial charge in [-0.3, -0.25) is 9.10 Å². The fourth-order valence-corrected chi connectivity index (χ4v) is 3.98. The second-order valence-electron chi connectivity index (χ2n) is 5.37. The first-order chi connectivity index (χ1) is 11.9. The van der Waals surface area contributed by atoms with Gasteiger partial charge in [-0.15, -0.1) is 0 Å². The molecule has 0 aliphatic carbocycles. The van der Waals surface area contributed by atoms with Crippen molar-refractivity contribution in [3.63, 3.8) is 0 Å². The van der Waals surface area contributed by atoms with E-state index in [0.717, 1.165) is 4.31 Å². The van der Waals surface area contributed by atoms with Crippen molar-refractivity contribution in [1.29, 1.82) is 0 Å². The highest BCUT2D eigenvalue weighted by Gasteiger charge is 2.28. The second-order valence-corrected chi connectivity index (χ2v) is 7.67. The molecule has 0 atom stereocenters. The van der Waals surface area contributed by atoms with Gasteiger partial charge in [-0.1, -0.05) is 29.8 Å². The summed E-state index contributed by atoms with van der Waals surface area (Å²) in [6.07, 6.45) is 0. The summed E-state index contributed by atoms with van der Waals surface area (Å²) in [5.41, 5.74) is 0.443. The van der Waals surface area contributed by atoms with Gasteiger partial charge in [-0.2, -0.15) is 0 Å². The van der Waals surface area contributed by atoms with E-state index >= 15 is 0 Å². The molecule has 0 N–H and O–H groups in total. The molecule has 0 radical (unpaired) electrons. The fraction of sp³-hybridized carbons (Fsp3) is 0.278. The van der Waals surface area contributed by atoms with Crippen LogP contribution in [0.4, 0.5) is 5.69 Å². The summed E-state index contributed by atoms with van der Waals surface area (Å²) in [6, 6.07) is 14.5. The Morgan fingerprint density at radius 2 is 1.52 bits per heavy atom. The van der Waals surface area contributed by atoms with Crippen LogP contribution >= 0.6 is 11.6 Å². The number of carbonyl (C=O) groups is 1. The normalized spacial score (nSPS) is 11.2. The van der Waals surface area contributed by atoms with E-state index in [9.17, 15) is 13.2 Å². The van der Waals surface area contributed by atoms with Gasteiger partial charge in [0.2, 0.25) is 5.91 Å². The molecule has 2 aromatic carbocycles. The summed E-state index contributed by atoms with van der Waals surface area (Å²) >= 11 is 5.85. The van der Waals surface area contributed by atoms with Gasteiger partial charge in [-0.05, 0) is 50.2 Å². The molecule has 2 aromatic rings. The van der Waals surface area contributed by atoms with Crippen molar-refractivity contribution in [1.82, 2.24) is 4.90 Å². The molecule has 0 spiro atoms. The van der Waals surface area contributed by atoms with Crippen molar-refractivity contribution in [2.24, 2.45) is 0 Å². The fourth-order valence-electron chi connectivity index (χ4n) is 2.44. The number of benzene rings is 2. The van der Waals surface area contributed by atoms with Crippen LogP contribution in [-0.4, -0.2) is 38.9 Å². The Balaban J connectivity index is 2.44. The summed E-state index contributed by atoms with van der Waals surface area (Å²) in [6.45, 7) is 4.53. The topological polar surface area (TPSA) is 57.7 Å². The zero-order valence-corrected chi connectivity index (χ0v) is 15.8. The molecule has 0 unspecified atom stereocenters. The van der Waals surface area contributed by atoms with Gasteiger partial charge in [0, 0.05) is 18.1 Å². The van der Waals surface area contributed by atoms with Crippen molar-refractivity contribution in [2.75, 3.05) is 23.9 Å². The summed E-state index contributed by atoms with van der Waals surface area (Å²) < 4.78 is 27.3. The van der Waals surface area contributed by atoms with E-state index in [1.807, 2.05) is 13.8 Å². The third-order valence-electron chi connectivity index (χ3n) is 3.84. The first kappa shape index (κ1) is 19.3. The Hall–Kier alpha value is -2.05. The number of para-hydroxylation sites is 1. The van der Waals surface area contributed by atoms with Crippen molar-refractivity contribution in [3.8, 4) is 0 Å². The lowest BCUT2D eigenvalue weighted by atomic mass is 10.3. The van der Waals surface area contributed by atoms with Crippen LogP contribution in [0.25, 0.3) is 0 Å². The van der Waals surface area contributed by atoms with E-state index in [4.69, 9.17) is 11.6 Å². The first-order valence-electron chi connectivity index (χ1n) is 8.01. The van der Waals surface area contributed by atoms with Crippen LogP contribution in [-0.2, 0) is 14.8 Å². The molecule has 0 fully saturated rings. The van der Waals surface area contributed by atoms with Crippen LogP contribution < -0.4 is 4.31 Å². The molecule has 0 bridgehead atoms. The van der Waals surface area contributed by atoms with E-state index in [0.29, 0.717) is 23.8 Å². The molecule has 0 aliphatic heterocycles. The van der Waals surface area contributed by atoms with E-state index in [2.05, 4.69) is 0 Å². The molecular weight excluding hydrogens is 360 g/mol. The van der Waals surface area contributed by atoms with E-state index in [-0.39, 0.29) is 17.3 Å². The van der Waals surface area contributed by atoms with Crippen molar-refractivity contribution < 1.29 is 13.2 Å². The number of halogens is 1. The SMILES string of the molecule is CCN(CC)C(=O)CN(c1ccccc1)S(=O)(=O)c1ccc(Cl)cc1. The van der Waals surface area contributed by atoms with Gasteiger partial charge in [0.25, 0.3) is 10.0 Å². The Bertz CT molecular complexity index is 804. The molecule has 0 saturated heterocycles. The van der Waals surface area contributed by atoms with Crippen LogP contribution in [0.1, 0.15) is 13.8 Å². The van der Waals surface area contributed by atoms with E-state index in [1.165, 1.54) is 24.3 Å². The van der Waals surface area contributed by atoms with Gasteiger partial charge >= 0.3 is 0 Å². The maximum absolute atomic E-state index is 13.1. The number of anilines is 1. The molecule has 1 amide bonds. The Kier molecular flexibility index (Phi) is 6.45. The minimum atomic E-state index is -3.89. The molecule has 0 saturated carbocycles. The van der Waals surface area contributed by atoms with Crippen molar-refractivity contribution in [2.45, 2.75) is 18.7 Å². The van der Waals surface area contributed by atoms with E-state index in [1.54, 1.807) is 35.2 Å². The number of likely N-dealkylation sites (N-methyl/N-ethyl adjacent to an activating group) is 1. The summed E-state index contributed by atoms with van der Waals surface area (Å²) in [5, 5.41) is 0.449. The lowest BCUT2D eigenvalue weighted by Crippen LogP contribution is -2.43. The van der Waals surface area contributed by atoms with Crippen LogP contribution in [0.3, 0.4) is 0 Å². The molecule has 0 aliphatic rings. The number of hydrogen-bond acceptors (Lipinski definition) is 3. The zero-order chi connectivity index (χ0) is 18.4. The van der Waals surface area contributed by atoms with Gasteiger partial charge in [0.05, 0.1) is 10.6 Å². The highest BCUT2D eigenvalue weighted by molar-refractivity contribution is 7.92. The Morgan fingerprint density at radius 3 is 2.04 bits per heavy atom. The minimum absolute atomic E-state index is 0.0908. The number of carbonyl (C=O) groups excluding carboxylic acids is 1. The van der Waals surface area contributed by atoms with Crippen LogP contribution in [0, 0.1) is 0 Å². The maximum Gasteiger partial charge on any atom is 0.264 e. The van der Waals surface area contributed by atoms with Crippen LogP contribution in [0.15, 0.2) is 59.5 Å². The third kappa shape index (κ3) is 4.52. The highest BCUT2D eigenvalue weighted by atomic mass is 35.5. The number of rotatable bonds is 7. The first-order valence-corrected chi connectivity index (χ1v) is 9.83. The van der Waals surface area contributed by atoms with Gasteiger partial charge in [-0.25, -0.2) is 8.42 Å².